The van der Waals surface area contributed by atoms with Gasteiger partial charge in [0.15, 0.2) is 5.60 Å². The van der Waals surface area contributed by atoms with E-state index in [4.69, 9.17) is 0 Å². The maximum atomic E-state index is 11.8. The van der Waals surface area contributed by atoms with Gasteiger partial charge in [-0.15, -0.1) is 0 Å². The van der Waals surface area contributed by atoms with Gasteiger partial charge in [-0.25, -0.2) is 0 Å². The summed E-state index contributed by atoms with van der Waals surface area (Å²) in [6.45, 7) is 0. The van der Waals surface area contributed by atoms with Crippen LogP contribution in [-0.2, 0) is 12.0 Å². The van der Waals surface area contributed by atoms with Crippen molar-refractivity contribution < 1.29 is 10.4 Å². The largest absolute Gasteiger partial charge is 0.374 e. The second kappa shape index (κ2) is 5.65. The zero-order valence-electron chi connectivity index (χ0n) is 12.9. The Bertz CT molecular complexity index is 734. The van der Waals surface area contributed by atoms with Crippen molar-refractivity contribution in [2.75, 3.05) is 0 Å². The van der Waals surface area contributed by atoms with Crippen molar-refractivity contribution in [1.82, 2.24) is 0 Å². The van der Waals surface area contributed by atoms with Crippen LogP contribution in [0, 0.1) is 0 Å². The predicted octanol–water partition coefficient (Wildman–Crippen LogP) is 2.74. The molecule has 0 spiro atoms. The minimum absolute atomic E-state index is 0.0321. The molecule has 3 aromatic carbocycles. The second-order valence-corrected chi connectivity index (χ2v) is 6.17. The molecule has 0 aromatic heterocycles. The number of aliphatic hydroxyl groups is 1. The third-order valence-electron chi connectivity index (χ3n) is 4.84. The van der Waals surface area contributed by atoms with Gasteiger partial charge in [0.2, 0.25) is 0 Å². The summed E-state index contributed by atoms with van der Waals surface area (Å²) in [6.07, 6.45) is 0.858. The van der Waals surface area contributed by atoms with Crippen molar-refractivity contribution in [1.29, 1.82) is 0 Å². The Hall–Kier alpha value is -2.42. The summed E-state index contributed by atoms with van der Waals surface area (Å²) in [7, 11) is 0. The molecule has 1 unspecified atom stereocenters. The first-order valence-corrected chi connectivity index (χ1v) is 8.04. The molecule has 0 fully saturated rings. The maximum absolute atomic E-state index is 11.8. The SMILES string of the molecule is OC(c1ccccc1)(c1ccccc1)C1Cc2ccccc2[NH2+]1. The summed E-state index contributed by atoms with van der Waals surface area (Å²) in [5.74, 6) is 0. The van der Waals surface area contributed by atoms with Crippen molar-refractivity contribution in [3.05, 3.63) is 102 Å². The molecule has 0 bridgehead atoms. The van der Waals surface area contributed by atoms with E-state index in [9.17, 15) is 5.11 Å². The third-order valence-corrected chi connectivity index (χ3v) is 4.84. The highest BCUT2D eigenvalue weighted by Crippen LogP contribution is 2.35. The summed E-state index contributed by atoms with van der Waals surface area (Å²) in [5.41, 5.74) is 3.42. The first-order valence-electron chi connectivity index (χ1n) is 8.04. The monoisotopic (exact) mass is 302 g/mol. The Balaban J connectivity index is 1.82. The molecule has 4 rings (SSSR count). The van der Waals surface area contributed by atoms with E-state index in [1.807, 2.05) is 60.7 Å². The van der Waals surface area contributed by atoms with E-state index in [0.29, 0.717) is 0 Å². The molecule has 3 N–H and O–H groups in total. The Morgan fingerprint density at radius 3 is 1.83 bits per heavy atom. The molecule has 114 valence electrons. The Morgan fingerprint density at radius 2 is 1.26 bits per heavy atom. The Labute approximate surface area is 136 Å². The summed E-state index contributed by atoms with van der Waals surface area (Å²) >= 11 is 0. The van der Waals surface area contributed by atoms with E-state index in [2.05, 4.69) is 29.6 Å². The number of quaternary nitrogens is 1. The Kier molecular flexibility index (Phi) is 3.49. The lowest BCUT2D eigenvalue weighted by atomic mass is 9.79. The highest BCUT2D eigenvalue weighted by Gasteiger charge is 2.46. The van der Waals surface area contributed by atoms with Crippen LogP contribution in [0.15, 0.2) is 84.9 Å². The third kappa shape index (κ3) is 2.37. The van der Waals surface area contributed by atoms with Crippen LogP contribution < -0.4 is 5.32 Å². The average molecular weight is 302 g/mol. The van der Waals surface area contributed by atoms with Crippen LogP contribution >= 0.6 is 0 Å². The highest BCUT2D eigenvalue weighted by molar-refractivity contribution is 5.45. The summed E-state index contributed by atoms with van der Waals surface area (Å²) < 4.78 is 0. The quantitative estimate of drug-likeness (QED) is 0.717. The zero-order valence-corrected chi connectivity index (χ0v) is 12.9. The molecule has 1 heterocycles. The first-order chi connectivity index (χ1) is 11.3. The molecule has 3 aromatic rings. The molecule has 1 aliphatic heterocycles. The number of hydrogen-bond acceptors (Lipinski definition) is 1. The van der Waals surface area contributed by atoms with Gasteiger partial charge in [0.25, 0.3) is 0 Å². The van der Waals surface area contributed by atoms with Gasteiger partial charge in [-0.05, 0) is 17.2 Å². The molecular formula is C21H20NO+. The lowest BCUT2D eigenvalue weighted by molar-refractivity contribution is -0.619. The molecule has 23 heavy (non-hydrogen) atoms. The van der Waals surface area contributed by atoms with Gasteiger partial charge >= 0.3 is 0 Å². The number of fused-ring (bicyclic) bond motifs is 1. The molecule has 0 radical (unpaired) electrons. The minimum atomic E-state index is -1.01. The van der Waals surface area contributed by atoms with Gasteiger partial charge in [0.05, 0.1) is 0 Å². The average Bonchev–Trinajstić information content (AvgIpc) is 3.07. The predicted molar refractivity (Wildman–Crippen MR) is 91.4 cm³/mol. The molecule has 1 atom stereocenters. The van der Waals surface area contributed by atoms with Crippen LogP contribution in [0.25, 0.3) is 0 Å². The number of para-hydroxylation sites is 1. The smallest absolute Gasteiger partial charge is 0.167 e. The Morgan fingerprint density at radius 1 is 0.739 bits per heavy atom. The van der Waals surface area contributed by atoms with Crippen LogP contribution in [0.3, 0.4) is 0 Å². The second-order valence-electron chi connectivity index (χ2n) is 6.17. The maximum Gasteiger partial charge on any atom is 0.167 e. The van der Waals surface area contributed by atoms with Gasteiger partial charge < -0.3 is 10.4 Å². The lowest BCUT2D eigenvalue weighted by Crippen LogP contribution is -2.87. The molecule has 0 saturated carbocycles. The molecule has 0 amide bonds. The van der Waals surface area contributed by atoms with Crippen LogP contribution in [-0.4, -0.2) is 11.1 Å². The number of hydrogen-bond donors (Lipinski definition) is 2. The van der Waals surface area contributed by atoms with E-state index < -0.39 is 5.60 Å². The van der Waals surface area contributed by atoms with E-state index in [1.54, 1.807) is 0 Å². The highest BCUT2D eigenvalue weighted by atomic mass is 16.3. The summed E-state index contributed by atoms with van der Waals surface area (Å²) in [4.78, 5) is 0. The van der Waals surface area contributed by atoms with Crippen molar-refractivity contribution in [3.8, 4) is 0 Å². The van der Waals surface area contributed by atoms with Crippen LogP contribution in [0.2, 0.25) is 0 Å². The van der Waals surface area contributed by atoms with Gasteiger partial charge in [0.1, 0.15) is 11.7 Å². The van der Waals surface area contributed by atoms with Gasteiger partial charge in [-0.3, -0.25) is 0 Å². The molecule has 0 aliphatic carbocycles. The fraction of sp³-hybridized carbons (Fsp3) is 0.143. The van der Waals surface area contributed by atoms with Crippen molar-refractivity contribution in [2.24, 2.45) is 0 Å². The van der Waals surface area contributed by atoms with Crippen molar-refractivity contribution >= 4 is 5.69 Å². The molecule has 0 saturated heterocycles. The fourth-order valence-electron chi connectivity index (χ4n) is 3.64. The first kappa shape index (κ1) is 14.2. The van der Waals surface area contributed by atoms with E-state index in [1.165, 1.54) is 11.3 Å². The normalized spacial score (nSPS) is 17.0. The fourth-order valence-corrected chi connectivity index (χ4v) is 3.64. The minimum Gasteiger partial charge on any atom is -0.374 e. The summed E-state index contributed by atoms with van der Waals surface area (Å²) in [5, 5.41) is 14.0. The molecule has 1 aliphatic rings. The van der Waals surface area contributed by atoms with Crippen molar-refractivity contribution in [2.45, 2.75) is 18.1 Å². The standard InChI is InChI=1S/C21H19NO/c23-21(17-10-3-1-4-11-17,18-12-5-2-6-13-18)20-15-16-9-7-8-14-19(16)22-20/h1-14,20,22-23H,15H2/p+1. The summed E-state index contributed by atoms with van der Waals surface area (Å²) in [6, 6.07) is 28.5. The van der Waals surface area contributed by atoms with Gasteiger partial charge in [-0.2, -0.15) is 0 Å². The lowest BCUT2D eigenvalue weighted by Gasteiger charge is -2.32. The van der Waals surface area contributed by atoms with E-state index in [0.717, 1.165) is 17.5 Å². The topological polar surface area (TPSA) is 36.8 Å². The van der Waals surface area contributed by atoms with E-state index in [-0.39, 0.29) is 6.04 Å². The molecular weight excluding hydrogens is 282 g/mol. The van der Waals surface area contributed by atoms with Gasteiger partial charge in [-0.1, -0.05) is 78.9 Å². The van der Waals surface area contributed by atoms with Crippen molar-refractivity contribution in [3.63, 3.8) is 0 Å². The van der Waals surface area contributed by atoms with Crippen LogP contribution in [0.1, 0.15) is 16.7 Å². The zero-order chi connectivity index (χ0) is 15.7. The van der Waals surface area contributed by atoms with E-state index >= 15 is 0 Å². The van der Waals surface area contributed by atoms with Crippen LogP contribution in [0.5, 0.6) is 0 Å². The van der Waals surface area contributed by atoms with Gasteiger partial charge in [0, 0.05) is 12.0 Å². The van der Waals surface area contributed by atoms with Crippen LogP contribution in [0.4, 0.5) is 5.69 Å². The molecule has 2 heteroatoms. The molecule has 2 nitrogen and oxygen atoms in total. The number of nitrogens with two attached hydrogens (primary N) is 1. The number of rotatable bonds is 3. The number of benzene rings is 3.